The van der Waals surface area contributed by atoms with Crippen LogP contribution in [0.4, 0.5) is 0 Å². The first kappa shape index (κ1) is 17.1. The summed E-state index contributed by atoms with van der Waals surface area (Å²) in [6.07, 6.45) is 0. The van der Waals surface area contributed by atoms with Gasteiger partial charge >= 0.3 is 0 Å². The highest BCUT2D eigenvalue weighted by Crippen LogP contribution is 2.19. The van der Waals surface area contributed by atoms with Crippen LogP contribution in [0, 0.1) is 0 Å². The van der Waals surface area contributed by atoms with Gasteiger partial charge in [-0.3, -0.25) is 4.79 Å². The zero-order valence-electron chi connectivity index (χ0n) is 11.2. The lowest BCUT2D eigenvalue weighted by Gasteiger charge is -2.27. The Morgan fingerprint density at radius 3 is 2.50 bits per heavy atom. The van der Waals surface area contributed by atoms with E-state index in [4.69, 9.17) is 10.2 Å². The molecule has 1 heterocycles. The number of aliphatic hydroxyl groups excluding tert-OH is 2. The second-order valence-electron chi connectivity index (χ2n) is 4.62. The molecule has 0 spiro atoms. The molecule has 0 aliphatic carbocycles. The molecule has 0 aliphatic rings. The predicted molar refractivity (Wildman–Crippen MR) is 74.9 cm³/mol. The second kappa shape index (κ2) is 6.64. The summed E-state index contributed by atoms with van der Waals surface area (Å²) in [4.78, 5) is 11.8. The van der Waals surface area contributed by atoms with Crippen molar-refractivity contribution >= 4 is 27.3 Å². The summed E-state index contributed by atoms with van der Waals surface area (Å²) in [6.45, 7) is 0.168. The Kier molecular flexibility index (Phi) is 5.66. The maximum atomic E-state index is 12.1. The molecule has 1 rings (SSSR count). The molecule has 0 atom stereocenters. The molecule has 0 aliphatic heterocycles. The minimum atomic E-state index is -3.69. The fourth-order valence-electron chi connectivity index (χ4n) is 1.36. The Labute approximate surface area is 121 Å². The van der Waals surface area contributed by atoms with Crippen molar-refractivity contribution in [3.8, 4) is 0 Å². The molecule has 0 fully saturated rings. The van der Waals surface area contributed by atoms with Gasteiger partial charge in [0, 0.05) is 7.05 Å². The van der Waals surface area contributed by atoms with Crippen LogP contribution >= 0.6 is 11.3 Å². The summed E-state index contributed by atoms with van der Waals surface area (Å²) < 4.78 is 25.3. The summed E-state index contributed by atoms with van der Waals surface area (Å²) in [5.74, 6) is -0.599. The number of amides is 1. The van der Waals surface area contributed by atoms with Gasteiger partial charge in [0.05, 0.1) is 25.3 Å². The lowest BCUT2D eigenvalue weighted by molar-refractivity contribution is -0.124. The average molecular weight is 322 g/mol. The van der Waals surface area contributed by atoms with E-state index in [0.29, 0.717) is 0 Å². The van der Waals surface area contributed by atoms with Crippen molar-refractivity contribution in [3.05, 3.63) is 17.5 Å². The summed E-state index contributed by atoms with van der Waals surface area (Å²) in [6, 6.07) is 3.07. The van der Waals surface area contributed by atoms with E-state index >= 15 is 0 Å². The normalized spacial score (nSPS) is 12.7. The number of rotatable bonds is 7. The molecule has 0 unspecified atom stereocenters. The summed E-state index contributed by atoms with van der Waals surface area (Å²) in [7, 11) is -2.40. The Balaban J connectivity index is 2.72. The highest BCUT2D eigenvalue weighted by atomic mass is 32.2. The van der Waals surface area contributed by atoms with Crippen LogP contribution in [-0.2, 0) is 14.8 Å². The Hall–Kier alpha value is -1.00. The minimum Gasteiger partial charge on any atom is -0.394 e. The number of carbonyl (C=O) groups is 1. The quantitative estimate of drug-likeness (QED) is 0.611. The molecular formula is C11H18N2O5S2. The van der Waals surface area contributed by atoms with Gasteiger partial charge in [0.2, 0.25) is 5.91 Å². The maximum Gasteiger partial charge on any atom is 0.252 e. The minimum absolute atomic E-state index is 0.153. The van der Waals surface area contributed by atoms with Crippen molar-refractivity contribution in [2.24, 2.45) is 0 Å². The molecular weight excluding hydrogens is 304 g/mol. The highest BCUT2D eigenvalue weighted by molar-refractivity contribution is 7.91. The van der Waals surface area contributed by atoms with E-state index < -0.39 is 41.2 Å². The van der Waals surface area contributed by atoms with E-state index in [1.54, 1.807) is 11.4 Å². The number of likely N-dealkylation sites (N-methyl/N-ethyl adjacent to an activating group) is 1. The van der Waals surface area contributed by atoms with Crippen LogP contribution in [0.1, 0.15) is 6.92 Å². The SMILES string of the molecule is CN(CC(=O)NC(C)(CO)CO)S(=O)(=O)c1cccs1. The average Bonchev–Trinajstić information content (AvgIpc) is 2.92. The maximum absolute atomic E-state index is 12.1. The Morgan fingerprint density at radius 1 is 1.45 bits per heavy atom. The van der Waals surface area contributed by atoms with Crippen molar-refractivity contribution in [1.82, 2.24) is 9.62 Å². The summed E-state index contributed by atoms with van der Waals surface area (Å²) >= 11 is 1.07. The van der Waals surface area contributed by atoms with Crippen LogP contribution in [-0.4, -0.2) is 61.2 Å². The van der Waals surface area contributed by atoms with E-state index in [-0.39, 0.29) is 4.21 Å². The smallest absolute Gasteiger partial charge is 0.252 e. The largest absolute Gasteiger partial charge is 0.394 e. The Morgan fingerprint density at radius 2 is 2.05 bits per heavy atom. The van der Waals surface area contributed by atoms with Crippen LogP contribution in [0.15, 0.2) is 21.7 Å². The van der Waals surface area contributed by atoms with Gasteiger partial charge in [0.1, 0.15) is 4.21 Å². The van der Waals surface area contributed by atoms with Gasteiger partial charge < -0.3 is 15.5 Å². The number of thiophene rings is 1. The number of aliphatic hydroxyl groups is 2. The number of carbonyl (C=O) groups excluding carboxylic acids is 1. The van der Waals surface area contributed by atoms with E-state index in [0.717, 1.165) is 15.6 Å². The molecule has 7 nitrogen and oxygen atoms in total. The third-order valence-electron chi connectivity index (χ3n) is 2.67. The predicted octanol–water partition coefficient (Wildman–Crippen LogP) is -0.772. The highest BCUT2D eigenvalue weighted by Gasteiger charge is 2.28. The number of hydrogen-bond acceptors (Lipinski definition) is 6. The van der Waals surface area contributed by atoms with Crippen molar-refractivity contribution in [1.29, 1.82) is 0 Å². The lowest BCUT2D eigenvalue weighted by atomic mass is 10.1. The number of hydrogen-bond donors (Lipinski definition) is 3. The monoisotopic (exact) mass is 322 g/mol. The third kappa shape index (κ3) is 4.00. The van der Waals surface area contributed by atoms with Crippen LogP contribution in [0.2, 0.25) is 0 Å². The lowest BCUT2D eigenvalue weighted by Crippen LogP contribution is -2.54. The summed E-state index contributed by atoms with van der Waals surface area (Å²) in [5.41, 5.74) is -1.18. The van der Waals surface area contributed by atoms with Gasteiger partial charge in [-0.15, -0.1) is 11.3 Å². The molecule has 0 bridgehead atoms. The molecule has 114 valence electrons. The summed E-state index contributed by atoms with van der Waals surface area (Å²) in [5, 5.41) is 22.2. The number of sulfonamides is 1. The second-order valence-corrected chi connectivity index (χ2v) is 7.84. The van der Waals surface area contributed by atoms with Crippen LogP contribution in [0.5, 0.6) is 0 Å². The fraction of sp³-hybridized carbons (Fsp3) is 0.545. The van der Waals surface area contributed by atoms with E-state index in [1.807, 2.05) is 0 Å². The number of nitrogens with zero attached hydrogens (tertiary/aromatic N) is 1. The standard InChI is InChI=1S/C11H18N2O5S2/c1-11(7-14,8-15)12-9(16)6-13(2)20(17,18)10-4-3-5-19-10/h3-5,14-15H,6-8H2,1-2H3,(H,12,16). The molecule has 20 heavy (non-hydrogen) atoms. The van der Waals surface area contributed by atoms with Gasteiger partial charge in [-0.25, -0.2) is 8.42 Å². The Bertz CT molecular complexity index is 537. The first-order valence-corrected chi connectivity index (χ1v) is 8.10. The first-order valence-electron chi connectivity index (χ1n) is 5.78. The van der Waals surface area contributed by atoms with Crippen LogP contribution in [0.25, 0.3) is 0 Å². The zero-order chi connectivity index (χ0) is 15.4. The van der Waals surface area contributed by atoms with Crippen LogP contribution < -0.4 is 5.32 Å². The third-order valence-corrected chi connectivity index (χ3v) is 5.84. The molecule has 1 aromatic heterocycles. The molecule has 0 radical (unpaired) electrons. The molecule has 0 saturated carbocycles. The van der Waals surface area contributed by atoms with Gasteiger partial charge in [-0.1, -0.05) is 6.07 Å². The zero-order valence-corrected chi connectivity index (χ0v) is 12.9. The molecule has 0 saturated heterocycles. The van der Waals surface area contributed by atoms with E-state index in [9.17, 15) is 13.2 Å². The first-order chi connectivity index (χ1) is 9.25. The van der Waals surface area contributed by atoms with Gasteiger partial charge in [0.25, 0.3) is 10.0 Å². The molecule has 9 heteroatoms. The van der Waals surface area contributed by atoms with E-state index in [2.05, 4.69) is 5.32 Å². The van der Waals surface area contributed by atoms with Crippen molar-refractivity contribution in [2.45, 2.75) is 16.7 Å². The molecule has 1 aromatic rings. The van der Waals surface area contributed by atoms with Crippen LogP contribution in [0.3, 0.4) is 0 Å². The molecule has 3 N–H and O–H groups in total. The van der Waals surface area contributed by atoms with Crippen molar-refractivity contribution in [3.63, 3.8) is 0 Å². The molecule has 1 amide bonds. The van der Waals surface area contributed by atoms with E-state index in [1.165, 1.54) is 20.0 Å². The van der Waals surface area contributed by atoms with Gasteiger partial charge in [-0.05, 0) is 18.4 Å². The fourth-order valence-corrected chi connectivity index (χ4v) is 3.68. The molecule has 0 aromatic carbocycles. The van der Waals surface area contributed by atoms with Crippen molar-refractivity contribution in [2.75, 3.05) is 26.8 Å². The van der Waals surface area contributed by atoms with Gasteiger partial charge in [0.15, 0.2) is 0 Å². The van der Waals surface area contributed by atoms with Crippen molar-refractivity contribution < 1.29 is 23.4 Å². The van der Waals surface area contributed by atoms with Gasteiger partial charge in [-0.2, -0.15) is 4.31 Å². The topological polar surface area (TPSA) is 107 Å². The number of nitrogens with one attached hydrogen (secondary N) is 1.